The Hall–Kier alpha value is -1.03. The second-order valence-electron chi connectivity index (χ2n) is 3.23. The van der Waals surface area contributed by atoms with Gasteiger partial charge < -0.3 is 14.2 Å². The molecule has 0 N–H and O–H groups in total. The second kappa shape index (κ2) is 4.00. The average Bonchev–Trinajstić information content (AvgIpc) is 2.93. The fourth-order valence-corrected chi connectivity index (χ4v) is 1.58. The number of hydrogen-bond acceptors (Lipinski definition) is 4. The van der Waals surface area contributed by atoms with Crippen LogP contribution in [-0.2, 0) is 19.0 Å². The summed E-state index contributed by atoms with van der Waals surface area (Å²) in [7, 11) is 3.06. The van der Waals surface area contributed by atoms with Gasteiger partial charge in [0.1, 0.15) is 11.4 Å². The van der Waals surface area contributed by atoms with Gasteiger partial charge in [0.15, 0.2) is 0 Å². The van der Waals surface area contributed by atoms with Crippen LogP contribution in [0.3, 0.4) is 0 Å². The molecule has 4 nitrogen and oxygen atoms in total. The van der Waals surface area contributed by atoms with E-state index in [4.69, 9.17) is 14.2 Å². The van der Waals surface area contributed by atoms with E-state index in [0.717, 1.165) is 0 Å². The van der Waals surface area contributed by atoms with Crippen LogP contribution in [0.2, 0.25) is 0 Å². The third-order valence-corrected chi connectivity index (χ3v) is 2.56. The summed E-state index contributed by atoms with van der Waals surface area (Å²) < 4.78 is 15.2. The number of esters is 1. The molecule has 0 bridgehead atoms. The molecule has 2 unspecified atom stereocenters. The molecule has 0 aromatic carbocycles. The van der Waals surface area contributed by atoms with E-state index < -0.39 is 5.60 Å². The highest BCUT2D eigenvalue weighted by molar-refractivity contribution is 5.79. The van der Waals surface area contributed by atoms with Gasteiger partial charge in [-0.3, -0.25) is 4.79 Å². The molecule has 0 aliphatic heterocycles. The van der Waals surface area contributed by atoms with E-state index in [2.05, 4.69) is 6.58 Å². The fraction of sp³-hybridized carbons (Fsp3) is 0.700. The minimum Gasteiger partial charge on any atom is -0.499 e. The molecular weight excluding hydrogens is 184 g/mol. The van der Waals surface area contributed by atoms with Gasteiger partial charge in [-0.1, -0.05) is 6.58 Å². The Morgan fingerprint density at radius 3 is 2.64 bits per heavy atom. The summed E-state index contributed by atoms with van der Waals surface area (Å²) in [5.74, 6) is -0.0227. The molecule has 0 radical (unpaired) electrons. The monoisotopic (exact) mass is 200 g/mol. The molecule has 80 valence electrons. The lowest BCUT2D eigenvalue weighted by Gasteiger charge is -2.16. The fourth-order valence-electron chi connectivity index (χ4n) is 1.58. The summed E-state index contributed by atoms with van der Waals surface area (Å²) in [5, 5.41) is 0. The minimum atomic E-state index is -0.652. The number of carbonyl (C=O) groups is 1. The van der Waals surface area contributed by atoms with E-state index in [0.29, 0.717) is 18.8 Å². The molecule has 0 saturated heterocycles. The van der Waals surface area contributed by atoms with Crippen molar-refractivity contribution in [3.05, 3.63) is 12.3 Å². The number of hydrogen-bond donors (Lipinski definition) is 0. The maximum atomic E-state index is 11.4. The molecule has 4 heteroatoms. The van der Waals surface area contributed by atoms with Crippen LogP contribution >= 0.6 is 0 Å². The summed E-state index contributed by atoms with van der Waals surface area (Å²) in [4.78, 5) is 11.4. The lowest BCUT2D eigenvalue weighted by molar-refractivity contribution is -0.146. The zero-order valence-corrected chi connectivity index (χ0v) is 8.83. The lowest BCUT2D eigenvalue weighted by atomic mass is 10.2. The Bertz CT molecular complexity index is 249. The van der Waals surface area contributed by atoms with Crippen LogP contribution in [-0.4, -0.2) is 32.4 Å². The molecule has 0 aromatic rings. The van der Waals surface area contributed by atoms with Crippen molar-refractivity contribution in [2.24, 2.45) is 5.92 Å². The van der Waals surface area contributed by atoms with Crippen LogP contribution in [0.1, 0.15) is 13.3 Å². The van der Waals surface area contributed by atoms with Crippen molar-refractivity contribution in [1.82, 2.24) is 0 Å². The Morgan fingerprint density at radius 1 is 1.57 bits per heavy atom. The minimum absolute atomic E-state index is 0.243. The third-order valence-electron chi connectivity index (χ3n) is 2.56. The van der Waals surface area contributed by atoms with Crippen molar-refractivity contribution in [2.75, 3.05) is 20.8 Å². The van der Waals surface area contributed by atoms with Crippen molar-refractivity contribution >= 4 is 5.97 Å². The number of methoxy groups -OCH3 is 2. The molecule has 0 aromatic heterocycles. The molecule has 14 heavy (non-hydrogen) atoms. The Balaban J connectivity index is 2.62. The van der Waals surface area contributed by atoms with Crippen molar-refractivity contribution in [3.8, 4) is 0 Å². The van der Waals surface area contributed by atoms with Crippen molar-refractivity contribution < 1.29 is 19.0 Å². The zero-order valence-electron chi connectivity index (χ0n) is 8.83. The van der Waals surface area contributed by atoms with Crippen LogP contribution in [0.5, 0.6) is 0 Å². The molecule has 1 rings (SSSR count). The first-order valence-electron chi connectivity index (χ1n) is 4.57. The predicted molar refractivity (Wildman–Crippen MR) is 50.6 cm³/mol. The predicted octanol–water partition coefficient (Wildman–Crippen LogP) is 1.11. The number of ether oxygens (including phenoxy) is 3. The Kier molecular flexibility index (Phi) is 3.16. The van der Waals surface area contributed by atoms with E-state index in [1.807, 2.05) is 0 Å². The summed E-state index contributed by atoms with van der Waals surface area (Å²) in [6, 6.07) is 0. The highest BCUT2D eigenvalue weighted by Crippen LogP contribution is 2.52. The molecular formula is C10H16O4. The summed E-state index contributed by atoms with van der Waals surface area (Å²) >= 11 is 0. The van der Waals surface area contributed by atoms with Crippen LogP contribution in [0.4, 0.5) is 0 Å². The van der Waals surface area contributed by atoms with E-state index in [9.17, 15) is 4.79 Å². The molecule has 0 spiro atoms. The number of carbonyl (C=O) groups excluding carboxylic acids is 1. The van der Waals surface area contributed by atoms with Gasteiger partial charge in [-0.05, 0) is 6.92 Å². The molecule has 0 amide bonds. The summed E-state index contributed by atoms with van der Waals surface area (Å²) in [6.45, 7) is 5.88. The number of rotatable bonds is 5. The SMILES string of the molecule is C=C(OC)C1(OC)CC1C(=O)OCC. The Labute approximate surface area is 83.8 Å². The Morgan fingerprint density at radius 2 is 2.21 bits per heavy atom. The van der Waals surface area contributed by atoms with Crippen LogP contribution in [0.15, 0.2) is 12.3 Å². The average molecular weight is 200 g/mol. The second-order valence-corrected chi connectivity index (χ2v) is 3.23. The molecule has 1 aliphatic rings. The lowest BCUT2D eigenvalue weighted by Crippen LogP contribution is -2.23. The van der Waals surface area contributed by atoms with Crippen molar-refractivity contribution in [2.45, 2.75) is 18.9 Å². The van der Waals surface area contributed by atoms with E-state index in [1.165, 1.54) is 7.11 Å². The van der Waals surface area contributed by atoms with Gasteiger partial charge in [0, 0.05) is 13.5 Å². The van der Waals surface area contributed by atoms with E-state index >= 15 is 0 Å². The third kappa shape index (κ3) is 1.62. The van der Waals surface area contributed by atoms with Crippen LogP contribution in [0, 0.1) is 5.92 Å². The van der Waals surface area contributed by atoms with E-state index in [1.54, 1.807) is 14.0 Å². The van der Waals surface area contributed by atoms with Gasteiger partial charge >= 0.3 is 5.97 Å². The molecule has 1 saturated carbocycles. The smallest absolute Gasteiger partial charge is 0.312 e. The van der Waals surface area contributed by atoms with Crippen molar-refractivity contribution in [3.63, 3.8) is 0 Å². The molecule has 1 aliphatic carbocycles. The van der Waals surface area contributed by atoms with Gasteiger partial charge in [0.25, 0.3) is 0 Å². The van der Waals surface area contributed by atoms with Gasteiger partial charge in [0.2, 0.25) is 0 Å². The van der Waals surface area contributed by atoms with Gasteiger partial charge in [-0.2, -0.15) is 0 Å². The van der Waals surface area contributed by atoms with E-state index in [-0.39, 0.29) is 11.9 Å². The maximum absolute atomic E-state index is 11.4. The zero-order chi connectivity index (χ0) is 10.8. The normalized spacial score (nSPS) is 29.5. The molecule has 1 fully saturated rings. The standard InChI is InChI=1S/C10H16O4/c1-5-14-9(11)8-6-10(8,13-4)7(2)12-3/h8H,2,5-6H2,1,3-4H3. The summed E-state index contributed by atoms with van der Waals surface area (Å²) in [6.07, 6.45) is 0.592. The largest absolute Gasteiger partial charge is 0.499 e. The highest BCUT2D eigenvalue weighted by Gasteiger charge is 2.63. The first-order valence-corrected chi connectivity index (χ1v) is 4.57. The van der Waals surface area contributed by atoms with Gasteiger partial charge in [-0.25, -0.2) is 0 Å². The van der Waals surface area contributed by atoms with Gasteiger partial charge in [-0.15, -0.1) is 0 Å². The summed E-state index contributed by atoms with van der Waals surface area (Å²) in [5.41, 5.74) is -0.652. The highest BCUT2D eigenvalue weighted by atomic mass is 16.6. The van der Waals surface area contributed by atoms with Gasteiger partial charge in [0.05, 0.1) is 19.6 Å². The topological polar surface area (TPSA) is 44.8 Å². The first-order chi connectivity index (χ1) is 6.62. The maximum Gasteiger partial charge on any atom is 0.312 e. The molecule has 2 atom stereocenters. The molecule has 0 heterocycles. The first kappa shape index (κ1) is 11.0. The van der Waals surface area contributed by atoms with Crippen LogP contribution < -0.4 is 0 Å². The quantitative estimate of drug-likeness (QED) is 0.492. The van der Waals surface area contributed by atoms with Crippen LogP contribution in [0.25, 0.3) is 0 Å². The van der Waals surface area contributed by atoms with Crippen molar-refractivity contribution in [1.29, 1.82) is 0 Å².